The summed E-state index contributed by atoms with van der Waals surface area (Å²) in [6.45, 7) is 9.35. The predicted octanol–water partition coefficient (Wildman–Crippen LogP) is 4.91. The number of para-hydroxylation sites is 2. The molecule has 3 N–H and O–H groups in total. The van der Waals surface area contributed by atoms with E-state index in [1.54, 1.807) is 0 Å². The summed E-state index contributed by atoms with van der Waals surface area (Å²) in [6, 6.07) is 7.81. The highest BCUT2D eigenvalue weighted by molar-refractivity contribution is 6.10. The van der Waals surface area contributed by atoms with Crippen LogP contribution in [-0.4, -0.2) is 26.5 Å². The number of aromatic nitrogens is 3. The van der Waals surface area contributed by atoms with E-state index in [2.05, 4.69) is 26.1 Å². The predicted molar refractivity (Wildman–Crippen MR) is 120 cm³/mol. The highest BCUT2D eigenvalue weighted by Crippen LogP contribution is 2.28. The van der Waals surface area contributed by atoms with Crippen molar-refractivity contribution in [2.45, 2.75) is 72.4 Å². The van der Waals surface area contributed by atoms with Crippen LogP contribution in [0.5, 0.6) is 0 Å². The maximum Gasteiger partial charge on any atom is 0.257 e. The number of amides is 1. The summed E-state index contributed by atoms with van der Waals surface area (Å²) >= 11 is 0. The number of hydrogen-bond donors (Lipinski definition) is 2. The van der Waals surface area contributed by atoms with Gasteiger partial charge in [0.25, 0.3) is 5.91 Å². The maximum absolute atomic E-state index is 13.1. The van der Waals surface area contributed by atoms with Crippen molar-refractivity contribution in [3.63, 3.8) is 0 Å². The number of rotatable bonds is 9. The normalized spacial score (nSPS) is 12.7. The number of nitrogens with one attached hydrogen (secondary N) is 1. The number of aryl methyl sites for hydroxylation is 1. The topological polar surface area (TPSA) is 85.8 Å². The summed E-state index contributed by atoms with van der Waals surface area (Å²) < 4.78 is 1.94. The van der Waals surface area contributed by atoms with Crippen LogP contribution in [0.15, 0.2) is 24.3 Å². The summed E-state index contributed by atoms with van der Waals surface area (Å²) in [5, 5.41) is 3.12. The van der Waals surface area contributed by atoms with Gasteiger partial charge in [-0.25, -0.2) is 9.97 Å². The molecular formula is C23H33N5O. The van der Waals surface area contributed by atoms with Crippen molar-refractivity contribution < 1.29 is 4.79 Å². The Kier molecular flexibility index (Phi) is 6.72. The zero-order chi connectivity index (χ0) is 21.0. The molecule has 1 amide bonds. The largest absolute Gasteiger partial charge is 0.384 e. The van der Waals surface area contributed by atoms with E-state index in [4.69, 9.17) is 15.7 Å². The molecule has 0 spiro atoms. The van der Waals surface area contributed by atoms with Crippen LogP contribution < -0.4 is 11.1 Å². The van der Waals surface area contributed by atoms with E-state index in [1.165, 1.54) is 0 Å². The van der Waals surface area contributed by atoms with Crippen molar-refractivity contribution in [3.05, 3.63) is 29.8 Å². The lowest BCUT2D eigenvalue weighted by Crippen LogP contribution is -2.33. The molecule has 0 aliphatic rings. The summed E-state index contributed by atoms with van der Waals surface area (Å²) in [4.78, 5) is 22.7. The minimum Gasteiger partial charge on any atom is -0.384 e. The van der Waals surface area contributed by atoms with Crippen LogP contribution >= 0.6 is 0 Å². The number of nitrogens with zero attached hydrogens (tertiary/aromatic N) is 3. The third-order valence-corrected chi connectivity index (χ3v) is 5.35. The van der Waals surface area contributed by atoms with Crippen molar-refractivity contribution in [2.24, 2.45) is 5.92 Å². The second kappa shape index (κ2) is 9.25. The van der Waals surface area contributed by atoms with E-state index < -0.39 is 0 Å². The summed E-state index contributed by atoms with van der Waals surface area (Å²) in [7, 11) is 0. The van der Waals surface area contributed by atoms with Gasteiger partial charge in [-0.15, -0.1) is 0 Å². The molecule has 29 heavy (non-hydrogen) atoms. The number of anilines is 1. The fraction of sp³-hybridized carbons (Fsp3) is 0.522. The standard InChI is InChI=1S/C23H33N5O/c1-5-6-14-28-21(24)19(23(29)25-16(4)11-9-10-15(2)3)20-22(28)27-18-13-8-7-12-17(18)26-20/h7-8,12-13,15-16H,5-6,9-11,14,24H2,1-4H3,(H,25,29)/t16-/m0/s1. The third-order valence-electron chi connectivity index (χ3n) is 5.35. The number of benzene rings is 1. The zero-order valence-electron chi connectivity index (χ0n) is 18.0. The maximum atomic E-state index is 13.1. The molecule has 0 saturated carbocycles. The first kappa shape index (κ1) is 21.1. The molecule has 3 rings (SSSR count). The van der Waals surface area contributed by atoms with Gasteiger partial charge in [0.15, 0.2) is 5.65 Å². The zero-order valence-corrected chi connectivity index (χ0v) is 18.0. The lowest BCUT2D eigenvalue weighted by molar-refractivity contribution is 0.0940. The molecular weight excluding hydrogens is 362 g/mol. The first-order valence-electron chi connectivity index (χ1n) is 10.8. The Hall–Kier alpha value is -2.63. The van der Waals surface area contributed by atoms with Crippen molar-refractivity contribution in [1.82, 2.24) is 19.9 Å². The first-order chi connectivity index (χ1) is 13.9. The fourth-order valence-electron chi connectivity index (χ4n) is 3.68. The molecule has 0 unspecified atom stereocenters. The van der Waals surface area contributed by atoms with E-state index >= 15 is 0 Å². The van der Waals surface area contributed by atoms with Gasteiger partial charge in [-0.05, 0) is 37.8 Å². The van der Waals surface area contributed by atoms with E-state index in [1.807, 2.05) is 35.8 Å². The van der Waals surface area contributed by atoms with Gasteiger partial charge in [0.1, 0.15) is 16.9 Å². The van der Waals surface area contributed by atoms with Gasteiger partial charge < -0.3 is 15.6 Å². The summed E-state index contributed by atoms with van der Waals surface area (Å²) in [5.41, 5.74) is 9.76. The lowest BCUT2D eigenvalue weighted by atomic mass is 10.0. The Labute approximate surface area is 172 Å². The molecule has 2 heterocycles. The number of nitrogen functional groups attached to an aromatic ring is 1. The number of carbonyl (C=O) groups excluding carboxylic acids is 1. The number of fused-ring (bicyclic) bond motifs is 2. The van der Waals surface area contributed by atoms with E-state index in [9.17, 15) is 4.79 Å². The second-order valence-corrected chi connectivity index (χ2v) is 8.35. The van der Waals surface area contributed by atoms with Crippen LogP contribution in [0.1, 0.15) is 70.2 Å². The number of nitrogens with two attached hydrogens (primary N) is 1. The molecule has 3 aromatic rings. The molecule has 1 aromatic carbocycles. The van der Waals surface area contributed by atoms with Crippen LogP contribution in [-0.2, 0) is 6.54 Å². The van der Waals surface area contributed by atoms with Gasteiger partial charge in [-0.3, -0.25) is 4.79 Å². The number of unbranched alkanes of at least 4 members (excludes halogenated alkanes) is 1. The molecule has 0 aliphatic carbocycles. The van der Waals surface area contributed by atoms with E-state index in [-0.39, 0.29) is 11.9 Å². The summed E-state index contributed by atoms with van der Waals surface area (Å²) in [6.07, 6.45) is 5.21. The summed E-state index contributed by atoms with van der Waals surface area (Å²) in [5.74, 6) is 0.966. The van der Waals surface area contributed by atoms with Crippen molar-refractivity contribution in [1.29, 1.82) is 0 Å². The van der Waals surface area contributed by atoms with Gasteiger partial charge in [0.05, 0.1) is 11.0 Å². The van der Waals surface area contributed by atoms with Crippen molar-refractivity contribution in [2.75, 3.05) is 5.73 Å². The fourth-order valence-corrected chi connectivity index (χ4v) is 3.68. The molecule has 0 fully saturated rings. The highest BCUT2D eigenvalue weighted by atomic mass is 16.1. The molecule has 0 bridgehead atoms. The molecule has 0 radical (unpaired) electrons. The molecule has 156 valence electrons. The monoisotopic (exact) mass is 395 g/mol. The Morgan fingerprint density at radius 3 is 2.45 bits per heavy atom. The minimum atomic E-state index is -0.163. The van der Waals surface area contributed by atoms with E-state index in [0.29, 0.717) is 28.5 Å². The Balaban J connectivity index is 1.96. The van der Waals surface area contributed by atoms with Crippen LogP contribution in [0, 0.1) is 5.92 Å². The molecule has 0 saturated heterocycles. The van der Waals surface area contributed by atoms with Crippen LogP contribution in [0.4, 0.5) is 5.82 Å². The molecule has 1 atom stereocenters. The molecule has 0 aliphatic heterocycles. The van der Waals surface area contributed by atoms with E-state index in [0.717, 1.165) is 49.7 Å². The second-order valence-electron chi connectivity index (χ2n) is 8.35. The van der Waals surface area contributed by atoms with Gasteiger partial charge in [-0.2, -0.15) is 0 Å². The smallest absolute Gasteiger partial charge is 0.257 e. The lowest BCUT2D eigenvalue weighted by Gasteiger charge is -2.14. The number of carbonyl (C=O) groups is 1. The van der Waals surface area contributed by atoms with Gasteiger partial charge in [0, 0.05) is 12.6 Å². The molecule has 2 aromatic heterocycles. The average molecular weight is 396 g/mol. The first-order valence-corrected chi connectivity index (χ1v) is 10.8. The van der Waals surface area contributed by atoms with Crippen LogP contribution in [0.25, 0.3) is 22.2 Å². The SMILES string of the molecule is CCCCn1c(N)c(C(=O)N[C@@H](C)CCCC(C)C)c2nc3ccccc3nc21. The third kappa shape index (κ3) is 4.69. The Bertz CT molecular complexity index is 992. The van der Waals surface area contributed by atoms with Gasteiger partial charge in [0.2, 0.25) is 0 Å². The van der Waals surface area contributed by atoms with Crippen molar-refractivity contribution in [3.8, 4) is 0 Å². The van der Waals surface area contributed by atoms with Crippen molar-refractivity contribution >= 4 is 33.9 Å². The Morgan fingerprint density at radius 1 is 1.10 bits per heavy atom. The average Bonchev–Trinajstić information content (AvgIpc) is 2.94. The highest BCUT2D eigenvalue weighted by Gasteiger charge is 2.24. The quantitative estimate of drug-likeness (QED) is 0.539. The number of hydrogen-bond acceptors (Lipinski definition) is 4. The molecule has 6 nitrogen and oxygen atoms in total. The minimum absolute atomic E-state index is 0.0862. The van der Waals surface area contributed by atoms with Crippen LogP contribution in [0.2, 0.25) is 0 Å². The van der Waals surface area contributed by atoms with Crippen LogP contribution in [0.3, 0.4) is 0 Å². The van der Waals surface area contributed by atoms with Gasteiger partial charge in [-0.1, -0.05) is 52.2 Å². The Morgan fingerprint density at radius 2 is 1.79 bits per heavy atom. The van der Waals surface area contributed by atoms with Gasteiger partial charge >= 0.3 is 0 Å². The molecule has 6 heteroatoms.